The van der Waals surface area contributed by atoms with Gasteiger partial charge in [-0.15, -0.1) is 0 Å². The molecular weight excluding hydrogens is 254 g/mol. The normalized spacial score (nSPS) is 19.7. The van der Waals surface area contributed by atoms with E-state index in [0.717, 1.165) is 0 Å². The third-order valence-electron chi connectivity index (χ3n) is 2.83. The van der Waals surface area contributed by atoms with Gasteiger partial charge in [-0.25, -0.2) is 9.59 Å². The summed E-state index contributed by atoms with van der Waals surface area (Å²) in [5, 5.41) is 13.8. The number of nitrogens with zero attached hydrogens (tertiary/aromatic N) is 1. The molecule has 0 aliphatic carbocycles. The lowest BCUT2D eigenvalue weighted by Crippen LogP contribution is -2.45. The van der Waals surface area contributed by atoms with Gasteiger partial charge < -0.3 is 25.4 Å². The van der Waals surface area contributed by atoms with Gasteiger partial charge in [0.15, 0.2) is 0 Å². The van der Waals surface area contributed by atoms with E-state index in [2.05, 4.69) is 15.4 Å². The van der Waals surface area contributed by atoms with Gasteiger partial charge in [0, 0.05) is 19.1 Å². The van der Waals surface area contributed by atoms with Gasteiger partial charge in [0.1, 0.15) is 0 Å². The second kappa shape index (κ2) is 6.81. The summed E-state index contributed by atoms with van der Waals surface area (Å²) in [6.45, 7) is 2.54. The zero-order chi connectivity index (χ0) is 14.4. The molecule has 0 aromatic heterocycles. The van der Waals surface area contributed by atoms with E-state index in [1.807, 2.05) is 0 Å². The van der Waals surface area contributed by atoms with Crippen LogP contribution in [-0.2, 0) is 9.53 Å². The Labute approximate surface area is 111 Å². The number of carboxylic acid groups (broad SMARTS) is 1. The molecule has 2 unspecified atom stereocenters. The average molecular weight is 273 g/mol. The standard InChI is InChI=1S/C11H19N3O5/c1-7(5-9(15)16)12-10(17)14-4-3-8(6-14)13-11(18)19-2/h7-8H,3-6H2,1-2H3,(H,12,17)(H,13,18)(H,15,16). The van der Waals surface area contributed by atoms with Gasteiger partial charge in [-0.2, -0.15) is 0 Å². The Bertz CT molecular complexity index is 360. The van der Waals surface area contributed by atoms with E-state index in [9.17, 15) is 14.4 Å². The molecule has 1 aliphatic heterocycles. The fourth-order valence-electron chi connectivity index (χ4n) is 1.90. The fraction of sp³-hybridized carbons (Fsp3) is 0.727. The number of urea groups is 1. The van der Waals surface area contributed by atoms with E-state index in [1.165, 1.54) is 7.11 Å². The number of hydrogen-bond donors (Lipinski definition) is 3. The quantitative estimate of drug-likeness (QED) is 0.667. The first-order valence-electron chi connectivity index (χ1n) is 6.04. The predicted molar refractivity (Wildman–Crippen MR) is 65.8 cm³/mol. The van der Waals surface area contributed by atoms with Crippen molar-refractivity contribution in [2.45, 2.75) is 31.8 Å². The Morgan fingerprint density at radius 3 is 2.74 bits per heavy atom. The number of methoxy groups -OCH3 is 1. The van der Waals surface area contributed by atoms with Crippen molar-refractivity contribution in [1.82, 2.24) is 15.5 Å². The maximum absolute atomic E-state index is 11.8. The van der Waals surface area contributed by atoms with Gasteiger partial charge >= 0.3 is 18.1 Å². The zero-order valence-corrected chi connectivity index (χ0v) is 11.0. The molecule has 1 saturated heterocycles. The summed E-state index contributed by atoms with van der Waals surface area (Å²) < 4.78 is 4.48. The van der Waals surface area contributed by atoms with E-state index in [-0.39, 0.29) is 18.5 Å². The topological polar surface area (TPSA) is 108 Å². The molecular formula is C11H19N3O5. The number of aliphatic carboxylic acids is 1. The molecule has 0 saturated carbocycles. The molecule has 1 fully saturated rings. The van der Waals surface area contributed by atoms with Crippen LogP contribution in [-0.4, -0.2) is 60.4 Å². The van der Waals surface area contributed by atoms with Crippen molar-refractivity contribution in [2.75, 3.05) is 20.2 Å². The first-order chi connectivity index (χ1) is 8.92. The molecule has 0 aromatic carbocycles. The van der Waals surface area contributed by atoms with E-state index in [4.69, 9.17) is 5.11 Å². The largest absolute Gasteiger partial charge is 0.481 e. The molecule has 19 heavy (non-hydrogen) atoms. The highest BCUT2D eigenvalue weighted by Crippen LogP contribution is 2.09. The van der Waals surface area contributed by atoms with Crippen molar-refractivity contribution in [2.24, 2.45) is 0 Å². The molecule has 0 aromatic rings. The maximum atomic E-state index is 11.8. The molecule has 0 bridgehead atoms. The summed E-state index contributed by atoms with van der Waals surface area (Å²) in [5.41, 5.74) is 0. The van der Waals surface area contributed by atoms with E-state index in [0.29, 0.717) is 19.5 Å². The van der Waals surface area contributed by atoms with E-state index >= 15 is 0 Å². The number of carboxylic acids is 1. The minimum atomic E-state index is -0.959. The number of likely N-dealkylation sites (tertiary alicyclic amines) is 1. The van der Waals surface area contributed by atoms with Crippen molar-refractivity contribution in [3.8, 4) is 0 Å². The third-order valence-corrected chi connectivity index (χ3v) is 2.83. The summed E-state index contributed by atoms with van der Waals surface area (Å²) in [6.07, 6.45) is 0.00528. The molecule has 0 spiro atoms. The van der Waals surface area contributed by atoms with Crippen LogP contribution in [0.4, 0.5) is 9.59 Å². The first-order valence-corrected chi connectivity index (χ1v) is 6.04. The molecule has 1 heterocycles. The average Bonchev–Trinajstić information content (AvgIpc) is 2.76. The van der Waals surface area contributed by atoms with Crippen LogP contribution in [0.2, 0.25) is 0 Å². The summed E-state index contributed by atoms with van der Waals surface area (Å²) in [7, 11) is 1.28. The molecule has 8 nitrogen and oxygen atoms in total. The molecule has 1 rings (SSSR count). The van der Waals surface area contributed by atoms with Crippen LogP contribution in [0.3, 0.4) is 0 Å². The lowest BCUT2D eigenvalue weighted by atomic mass is 10.2. The number of nitrogens with one attached hydrogen (secondary N) is 2. The maximum Gasteiger partial charge on any atom is 0.407 e. The number of alkyl carbamates (subject to hydrolysis) is 1. The number of amides is 3. The van der Waals surface area contributed by atoms with Crippen LogP contribution in [0, 0.1) is 0 Å². The number of ether oxygens (including phenoxy) is 1. The molecule has 3 amide bonds. The molecule has 8 heteroatoms. The van der Waals surface area contributed by atoms with Crippen LogP contribution in [0.15, 0.2) is 0 Å². The third kappa shape index (κ3) is 5.02. The van der Waals surface area contributed by atoms with Crippen molar-refractivity contribution in [3.05, 3.63) is 0 Å². The predicted octanol–water partition coefficient (Wildman–Crippen LogP) is -0.0105. The van der Waals surface area contributed by atoms with Gasteiger partial charge in [-0.3, -0.25) is 4.79 Å². The van der Waals surface area contributed by atoms with Gasteiger partial charge in [-0.05, 0) is 13.3 Å². The van der Waals surface area contributed by atoms with Gasteiger partial charge in [-0.1, -0.05) is 0 Å². The van der Waals surface area contributed by atoms with Crippen LogP contribution in [0.5, 0.6) is 0 Å². The molecule has 3 N–H and O–H groups in total. The fourth-order valence-corrected chi connectivity index (χ4v) is 1.90. The smallest absolute Gasteiger partial charge is 0.407 e. The highest BCUT2D eigenvalue weighted by Gasteiger charge is 2.28. The van der Waals surface area contributed by atoms with Crippen LogP contribution in [0.25, 0.3) is 0 Å². The molecule has 2 atom stereocenters. The lowest BCUT2D eigenvalue weighted by Gasteiger charge is -2.20. The summed E-state index contributed by atoms with van der Waals surface area (Å²) in [6, 6.07) is -0.881. The molecule has 108 valence electrons. The Hall–Kier alpha value is -1.99. The van der Waals surface area contributed by atoms with Crippen molar-refractivity contribution in [3.63, 3.8) is 0 Å². The molecule has 1 aliphatic rings. The van der Waals surface area contributed by atoms with Crippen molar-refractivity contribution in [1.29, 1.82) is 0 Å². The number of carbonyl (C=O) groups is 3. The number of carbonyl (C=O) groups excluding carboxylic acids is 2. The minimum absolute atomic E-state index is 0.122. The van der Waals surface area contributed by atoms with Crippen LogP contribution >= 0.6 is 0 Å². The molecule has 0 radical (unpaired) electrons. The number of hydrogen-bond acceptors (Lipinski definition) is 4. The number of rotatable bonds is 4. The SMILES string of the molecule is COC(=O)NC1CCN(C(=O)NC(C)CC(=O)O)C1. The summed E-state index contributed by atoms with van der Waals surface area (Å²) in [5.74, 6) is -0.959. The highest BCUT2D eigenvalue weighted by molar-refractivity contribution is 5.76. The Kier molecular flexibility index (Phi) is 5.40. The van der Waals surface area contributed by atoms with Gasteiger partial charge in [0.2, 0.25) is 0 Å². The van der Waals surface area contributed by atoms with Crippen LogP contribution < -0.4 is 10.6 Å². The van der Waals surface area contributed by atoms with E-state index in [1.54, 1.807) is 11.8 Å². The van der Waals surface area contributed by atoms with Crippen molar-refractivity contribution >= 4 is 18.1 Å². The Morgan fingerprint density at radius 2 is 2.16 bits per heavy atom. The van der Waals surface area contributed by atoms with Crippen molar-refractivity contribution < 1.29 is 24.2 Å². The lowest BCUT2D eigenvalue weighted by molar-refractivity contribution is -0.137. The Balaban J connectivity index is 2.35. The highest BCUT2D eigenvalue weighted by atomic mass is 16.5. The summed E-state index contributed by atoms with van der Waals surface area (Å²) in [4.78, 5) is 34.9. The minimum Gasteiger partial charge on any atom is -0.481 e. The Morgan fingerprint density at radius 1 is 1.47 bits per heavy atom. The van der Waals surface area contributed by atoms with Gasteiger partial charge in [0.25, 0.3) is 0 Å². The second-order valence-corrected chi connectivity index (χ2v) is 4.52. The van der Waals surface area contributed by atoms with Gasteiger partial charge in [0.05, 0.1) is 19.6 Å². The summed E-state index contributed by atoms with van der Waals surface area (Å²) >= 11 is 0. The van der Waals surface area contributed by atoms with E-state index < -0.39 is 18.1 Å². The van der Waals surface area contributed by atoms with Crippen LogP contribution in [0.1, 0.15) is 19.8 Å². The monoisotopic (exact) mass is 273 g/mol. The first kappa shape index (κ1) is 15.1. The second-order valence-electron chi connectivity index (χ2n) is 4.52. The zero-order valence-electron chi connectivity index (χ0n) is 11.0.